The molecule has 9 heteroatoms. The van der Waals surface area contributed by atoms with E-state index in [9.17, 15) is 25.1 Å². The number of nitro benzene ring substituents is 1. The van der Waals surface area contributed by atoms with Gasteiger partial charge in [0.2, 0.25) is 0 Å². The first kappa shape index (κ1) is 17.3. The zero-order valence-corrected chi connectivity index (χ0v) is 12.5. The van der Waals surface area contributed by atoms with Crippen LogP contribution in [-0.2, 0) is 14.2 Å². The van der Waals surface area contributed by atoms with Crippen molar-refractivity contribution in [3.63, 3.8) is 0 Å². The maximum Gasteiger partial charge on any atom is 0.338 e. The topological polar surface area (TPSA) is 128 Å². The van der Waals surface area contributed by atoms with Gasteiger partial charge in [-0.25, -0.2) is 4.79 Å². The Morgan fingerprint density at radius 3 is 2.39 bits per heavy atom. The van der Waals surface area contributed by atoms with Gasteiger partial charge < -0.3 is 24.4 Å². The van der Waals surface area contributed by atoms with E-state index in [1.54, 1.807) is 0 Å². The Morgan fingerprint density at radius 1 is 1.30 bits per heavy atom. The minimum Gasteiger partial charge on any atom is -0.456 e. The van der Waals surface area contributed by atoms with Crippen molar-refractivity contribution in [2.75, 3.05) is 7.11 Å². The highest BCUT2D eigenvalue weighted by molar-refractivity contribution is 5.89. The summed E-state index contributed by atoms with van der Waals surface area (Å²) < 4.78 is 15.3. The molecule has 1 heterocycles. The normalized spacial score (nSPS) is 28.3. The largest absolute Gasteiger partial charge is 0.456 e. The SMILES string of the molecule is CO[C@H]1O[C@H](C(C)OC(=O)c2ccc([N+](=O)[O-])cc2)[C@@H](O)[C@H]1O. The van der Waals surface area contributed by atoms with Crippen LogP contribution in [0.3, 0.4) is 0 Å². The third kappa shape index (κ3) is 3.64. The van der Waals surface area contributed by atoms with E-state index in [2.05, 4.69) is 0 Å². The lowest BCUT2D eigenvalue weighted by Gasteiger charge is -2.22. The Kier molecular flexibility index (Phi) is 5.26. The van der Waals surface area contributed by atoms with Gasteiger partial charge in [-0.15, -0.1) is 0 Å². The number of non-ortho nitro benzene ring substituents is 1. The third-order valence-corrected chi connectivity index (χ3v) is 3.56. The molecule has 5 atom stereocenters. The maximum absolute atomic E-state index is 12.0. The van der Waals surface area contributed by atoms with Crippen LogP contribution < -0.4 is 0 Å². The monoisotopic (exact) mass is 327 g/mol. The Bertz CT molecular complexity index is 575. The van der Waals surface area contributed by atoms with E-state index in [4.69, 9.17) is 14.2 Å². The van der Waals surface area contributed by atoms with Crippen LogP contribution in [-0.4, -0.2) is 58.9 Å². The van der Waals surface area contributed by atoms with Crippen LogP contribution in [0.15, 0.2) is 24.3 Å². The molecule has 126 valence electrons. The number of hydrogen-bond acceptors (Lipinski definition) is 8. The fraction of sp³-hybridized carbons (Fsp3) is 0.500. The molecule has 23 heavy (non-hydrogen) atoms. The molecule has 1 saturated heterocycles. The van der Waals surface area contributed by atoms with E-state index in [0.29, 0.717) is 0 Å². The van der Waals surface area contributed by atoms with Crippen LogP contribution in [0.4, 0.5) is 5.69 Å². The summed E-state index contributed by atoms with van der Waals surface area (Å²) in [5.41, 5.74) is -0.0195. The van der Waals surface area contributed by atoms with Crippen molar-refractivity contribution >= 4 is 11.7 Å². The van der Waals surface area contributed by atoms with Crippen molar-refractivity contribution in [2.45, 2.75) is 37.6 Å². The Labute approximate surface area is 131 Å². The van der Waals surface area contributed by atoms with E-state index >= 15 is 0 Å². The zero-order chi connectivity index (χ0) is 17.1. The molecule has 0 aliphatic carbocycles. The van der Waals surface area contributed by atoms with Crippen molar-refractivity contribution in [3.8, 4) is 0 Å². The first-order chi connectivity index (χ1) is 10.8. The van der Waals surface area contributed by atoms with Gasteiger partial charge >= 0.3 is 5.97 Å². The summed E-state index contributed by atoms with van der Waals surface area (Å²) in [4.78, 5) is 22.0. The van der Waals surface area contributed by atoms with Crippen LogP contribution in [0.5, 0.6) is 0 Å². The van der Waals surface area contributed by atoms with Crippen molar-refractivity contribution in [3.05, 3.63) is 39.9 Å². The smallest absolute Gasteiger partial charge is 0.338 e. The fourth-order valence-corrected chi connectivity index (χ4v) is 2.28. The van der Waals surface area contributed by atoms with Crippen LogP contribution in [0, 0.1) is 10.1 Å². The lowest BCUT2D eigenvalue weighted by atomic mass is 10.1. The molecule has 1 aliphatic heterocycles. The second-order valence-electron chi connectivity index (χ2n) is 5.10. The summed E-state index contributed by atoms with van der Waals surface area (Å²) in [5.74, 6) is -0.724. The highest BCUT2D eigenvalue weighted by Crippen LogP contribution is 2.26. The molecule has 0 saturated carbocycles. The molecule has 0 bridgehead atoms. The number of carbonyl (C=O) groups is 1. The first-order valence-electron chi connectivity index (χ1n) is 6.85. The second-order valence-corrected chi connectivity index (χ2v) is 5.10. The molecule has 0 aromatic heterocycles. The molecular formula is C14H17NO8. The van der Waals surface area contributed by atoms with Crippen LogP contribution in [0.2, 0.25) is 0 Å². The average molecular weight is 327 g/mol. The van der Waals surface area contributed by atoms with Crippen molar-refractivity contribution in [2.24, 2.45) is 0 Å². The number of nitrogens with zero attached hydrogens (tertiary/aromatic N) is 1. The molecule has 1 aromatic carbocycles. The summed E-state index contributed by atoms with van der Waals surface area (Å²) in [5, 5.41) is 30.2. The van der Waals surface area contributed by atoms with Gasteiger partial charge in [0, 0.05) is 19.2 Å². The van der Waals surface area contributed by atoms with Crippen LogP contribution in [0.1, 0.15) is 17.3 Å². The minimum absolute atomic E-state index is 0.124. The number of carbonyl (C=O) groups excluding carboxylic acids is 1. The van der Waals surface area contributed by atoms with E-state index < -0.39 is 41.6 Å². The molecule has 1 fully saturated rings. The predicted octanol–water partition coefficient (Wildman–Crippen LogP) is 0.233. The average Bonchev–Trinajstić information content (AvgIpc) is 2.82. The Balaban J connectivity index is 2.01. The summed E-state index contributed by atoms with van der Waals surface area (Å²) in [6.07, 6.45) is -5.32. The van der Waals surface area contributed by atoms with Crippen molar-refractivity contribution < 1.29 is 34.1 Å². The van der Waals surface area contributed by atoms with E-state index in [1.165, 1.54) is 38.3 Å². The summed E-state index contributed by atoms with van der Waals surface area (Å²) >= 11 is 0. The number of aliphatic hydroxyl groups excluding tert-OH is 2. The summed E-state index contributed by atoms with van der Waals surface area (Å²) in [6.45, 7) is 1.50. The van der Waals surface area contributed by atoms with E-state index in [-0.39, 0.29) is 11.3 Å². The molecule has 9 nitrogen and oxygen atoms in total. The van der Waals surface area contributed by atoms with E-state index in [1.807, 2.05) is 0 Å². The van der Waals surface area contributed by atoms with Crippen LogP contribution >= 0.6 is 0 Å². The molecular weight excluding hydrogens is 310 g/mol. The number of ether oxygens (including phenoxy) is 3. The minimum atomic E-state index is -1.26. The highest BCUT2D eigenvalue weighted by Gasteiger charge is 2.46. The summed E-state index contributed by atoms with van der Waals surface area (Å²) in [7, 11) is 1.32. The van der Waals surface area contributed by atoms with Gasteiger partial charge in [-0.2, -0.15) is 0 Å². The van der Waals surface area contributed by atoms with Crippen molar-refractivity contribution in [1.82, 2.24) is 0 Å². The van der Waals surface area contributed by atoms with Crippen LogP contribution in [0.25, 0.3) is 0 Å². The van der Waals surface area contributed by atoms with Gasteiger partial charge in [0.1, 0.15) is 24.4 Å². The number of aliphatic hydroxyl groups is 2. The number of nitro groups is 1. The van der Waals surface area contributed by atoms with Gasteiger partial charge in [-0.3, -0.25) is 10.1 Å². The number of rotatable bonds is 5. The molecule has 2 N–H and O–H groups in total. The van der Waals surface area contributed by atoms with Gasteiger partial charge in [-0.05, 0) is 19.1 Å². The molecule has 0 spiro atoms. The molecule has 1 aliphatic rings. The second kappa shape index (κ2) is 7.01. The quantitative estimate of drug-likeness (QED) is 0.447. The number of hydrogen-bond donors (Lipinski definition) is 2. The van der Waals surface area contributed by atoms with E-state index in [0.717, 1.165) is 0 Å². The van der Waals surface area contributed by atoms with Gasteiger partial charge in [0.25, 0.3) is 5.69 Å². The van der Waals surface area contributed by atoms with Gasteiger partial charge in [-0.1, -0.05) is 0 Å². The Morgan fingerprint density at radius 2 is 1.91 bits per heavy atom. The van der Waals surface area contributed by atoms with Gasteiger partial charge in [0.05, 0.1) is 10.5 Å². The molecule has 1 unspecified atom stereocenters. The Hall–Kier alpha value is -2.07. The third-order valence-electron chi connectivity index (χ3n) is 3.56. The number of methoxy groups -OCH3 is 1. The maximum atomic E-state index is 12.0. The zero-order valence-electron chi connectivity index (χ0n) is 12.5. The lowest BCUT2D eigenvalue weighted by molar-refractivity contribution is -0.384. The number of esters is 1. The predicted molar refractivity (Wildman–Crippen MR) is 75.7 cm³/mol. The van der Waals surface area contributed by atoms with Gasteiger partial charge in [0.15, 0.2) is 6.29 Å². The van der Waals surface area contributed by atoms with Crippen molar-refractivity contribution in [1.29, 1.82) is 0 Å². The number of benzene rings is 1. The molecule has 0 amide bonds. The lowest BCUT2D eigenvalue weighted by Crippen LogP contribution is -2.39. The fourth-order valence-electron chi connectivity index (χ4n) is 2.28. The molecule has 1 aromatic rings. The standard InChI is InChI=1S/C14H17NO8/c1-7(12-10(16)11(17)14(21-2)23-12)22-13(18)8-3-5-9(6-4-8)15(19)20/h3-7,10-12,14,16-17H,1-2H3/t7?,10-,11+,12+,14-/m0/s1. The summed E-state index contributed by atoms with van der Waals surface area (Å²) in [6, 6.07) is 4.91. The first-order valence-corrected chi connectivity index (χ1v) is 6.85. The highest BCUT2D eigenvalue weighted by atomic mass is 16.7. The molecule has 2 rings (SSSR count). The molecule has 0 radical (unpaired) electrons.